The fraction of sp³-hybridized carbons (Fsp3) is 0.516. The van der Waals surface area contributed by atoms with E-state index in [1.54, 1.807) is 13.2 Å². The maximum absolute atomic E-state index is 14.9. The van der Waals surface area contributed by atoms with E-state index in [0.717, 1.165) is 132 Å². The lowest BCUT2D eigenvalue weighted by molar-refractivity contribution is -0.384. The molecule has 22 heteroatoms. The number of nitro benzene ring substituents is 1. The molecular formula is C64H77N11O10S. The summed E-state index contributed by atoms with van der Waals surface area (Å²) in [5.41, 5.74) is 8.09. The van der Waals surface area contributed by atoms with Crippen molar-refractivity contribution < 1.29 is 41.8 Å². The number of piperazine rings is 1. The number of aromatic amines is 1. The Labute approximate surface area is 501 Å². The van der Waals surface area contributed by atoms with E-state index < -0.39 is 37.5 Å². The number of amides is 1. The number of pyridine rings is 2. The highest BCUT2D eigenvalue weighted by Gasteiger charge is 2.51. The lowest BCUT2D eigenvalue weighted by Crippen LogP contribution is -2.60. The highest BCUT2D eigenvalue weighted by molar-refractivity contribution is 7.90. The van der Waals surface area contributed by atoms with Crippen molar-refractivity contribution in [2.45, 2.75) is 106 Å². The molecule has 86 heavy (non-hydrogen) atoms. The van der Waals surface area contributed by atoms with Gasteiger partial charge in [0.1, 0.15) is 23.1 Å². The fourth-order valence-electron chi connectivity index (χ4n) is 15.3. The van der Waals surface area contributed by atoms with Crippen molar-refractivity contribution in [3.8, 4) is 11.6 Å². The van der Waals surface area contributed by atoms with Gasteiger partial charge in [-0.05, 0) is 148 Å². The number of carbonyl (C=O) groups is 1. The molecule has 21 nitrogen and oxygen atoms in total. The third-order valence-electron chi connectivity index (χ3n) is 20.0. The van der Waals surface area contributed by atoms with Crippen molar-refractivity contribution in [2.75, 3.05) is 119 Å². The van der Waals surface area contributed by atoms with Crippen LogP contribution in [0.1, 0.15) is 103 Å². The summed E-state index contributed by atoms with van der Waals surface area (Å²) in [5.74, 6) is 1.55. The Morgan fingerprint density at radius 1 is 0.837 bits per heavy atom. The number of H-pyrrole nitrogens is 1. The van der Waals surface area contributed by atoms with Gasteiger partial charge in [0, 0.05) is 119 Å². The monoisotopic (exact) mass is 1190 g/mol. The van der Waals surface area contributed by atoms with Gasteiger partial charge in [0.25, 0.3) is 21.6 Å². The largest absolute Gasteiger partial charge is 0.493 e. The standard InChI is InChI=1S/C64H77N11O10S/c1-41-6-3-4-7-47(41)57-39-72(52-9-5-8-50-49(52)35-58(81-2)61(67-50)71-25-30-83-31-26-71)23-24-73(57)45-36-64(37-45)18-21-70(22-19-64)44-10-12-48(54(33-44)74-53-17-29-84-40-59(53)85-63-56(74)32-43-14-20-65-60(43)68-63)62(76)69-86(79,80)46-11-13-51(55(34-46)75(77)78)66-38-42-15-27-82-28-16-42/h3-4,6-7,10-14,20,32-35,42,45,52-53,57,59,66H,5,8-9,15-19,21-31,36-40H2,1-2H3,(H,65,68)(H,69,76)/t52-,53-,57-,59-/m0/s1. The summed E-state index contributed by atoms with van der Waals surface area (Å²) < 4.78 is 60.6. The molecule has 6 aromatic rings. The van der Waals surface area contributed by atoms with E-state index in [2.05, 4.69) is 76.8 Å². The van der Waals surface area contributed by atoms with Crippen molar-refractivity contribution in [3.05, 3.63) is 123 Å². The third-order valence-corrected chi connectivity index (χ3v) is 21.3. The van der Waals surface area contributed by atoms with Crippen LogP contribution in [-0.4, -0.2) is 161 Å². The summed E-state index contributed by atoms with van der Waals surface area (Å²) in [6, 6.07) is 25.2. The first-order chi connectivity index (χ1) is 41.9. The van der Waals surface area contributed by atoms with E-state index in [1.165, 1.54) is 34.5 Å². The number of nitrogens with zero attached hydrogens (tertiary/aromatic N) is 8. The van der Waals surface area contributed by atoms with E-state index in [-0.39, 0.29) is 40.7 Å². The predicted octanol–water partition coefficient (Wildman–Crippen LogP) is 8.85. The summed E-state index contributed by atoms with van der Waals surface area (Å²) in [6.45, 7) is 12.3. The number of aromatic nitrogens is 3. The second-order valence-corrected chi connectivity index (χ2v) is 26.6. The first-order valence-electron chi connectivity index (χ1n) is 30.9. The van der Waals surface area contributed by atoms with Gasteiger partial charge < -0.3 is 48.7 Å². The summed E-state index contributed by atoms with van der Waals surface area (Å²) in [7, 11) is -2.86. The van der Waals surface area contributed by atoms with Crippen LogP contribution in [0.15, 0.2) is 90.0 Å². The predicted molar refractivity (Wildman–Crippen MR) is 327 cm³/mol. The topological polar surface area (TPSA) is 222 Å². The molecule has 3 N–H and O–H groups in total. The third kappa shape index (κ3) is 10.9. The zero-order valence-corrected chi connectivity index (χ0v) is 49.9. The summed E-state index contributed by atoms with van der Waals surface area (Å²) in [6.07, 6.45) is 11.1. The van der Waals surface area contributed by atoms with Crippen molar-refractivity contribution >= 4 is 61.2 Å². The van der Waals surface area contributed by atoms with Gasteiger partial charge in [0.15, 0.2) is 11.6 Å². The van der Waals surface area contributed by atoms with Gasteiger partial charge in [0.2, 0.25) is 5.88 Å². The lowest BCUT2D eigenvalue weighted by Gasteiger charge is -2.59. The van der Waals surface area contributed by atoms with Crippen molar-refractivity contribution in [1.82, 2.24) is 29.5 Å². The summed E-state index contributed by atoms with van der Waals surface area (Å²) >= 11 is 0. The minimum atomic E-state index is -4.62. The van der Waals surface area contributed by atoms with E-state index >= 15 is 0 Å². The van der Waals surface area contributed by atoms with Crippen molar-refractivity contribution in [3.63, 3.8) is 0 Å². The average Bonchev–Trinajstić information content (AvgIpc) is 1.29. The maximum atomic E-state index is 14.9. The van der Waals surface area contributed by atoms with Gasteiger partial charge in [0.05, 0.1) is 54.0 Å². The van der Waals surface area contributed by atoms with Gasteiger partial charge in [-0.2, -0.15) is 4.98 Å². The number of hydrogen-bond donors (Lipinski definition) is 3. The molecule has 3 aromatic heterocycles. The Morgan fingerprint density at radius 3 is 2.44 bits per heavy atom. The van der Waals surface area contributed by atoms with Gasteiger partial charge in [-0.3, -0.25) is 24.7 Å². The normalized spacial score (nSPS) is 23.9. The quantitative estimate of drug-likeness (QED) is 0.0684. The lowest BCUT2D eigenvalue weighted by atomic mass is 9.59. The van der Waals surface area contributed by atoms with Crippen LogP contribution in [0.25, 0.3) is 11.0 Å². The van der Waals surface area contributed by atoms with E-state index in [1.807, 2.05) is 30.5 Å². The smallest absolute Gasteiger partial charge is 0.293 e. The molecule has 9 heterocycles. The van der Waals surface area contributed by atoms with Crippen LogP contribution in [0.3, 0.4) is 0 Å². The van der Waals surface area contributed by atoms with E-state index in [4.69, 9.17) is 33.7 Å². The number of nitro groups is 1. The van der Waals surface area contributed by atoms with Crippen LogP contribution >= 0.6 is 0 Å². The number of morpholine rings is 1. The Hall–Kier alpha value is -7.08. The molecule has 8 aliphatic rings. The number of methoxy groups -OCH3 is 1. The number of hydrogen-bond acceptors (Lipinski definition) is 18. The zero-order valence-electron chi connectivity index (χ0n) is 49.1. The number of carbonyl (C=O) groups excluding carboxylic acids is 1. The van der Waals surface area contributed by atoms with Crippen molar-refractivity contribution in [2.24, 2.45) is 11.3 Å². The first kappa shape index (κ1) is 56.7. The minimum Gasteiger partial charge on any atom is -0.493 e. The average molecular weight is 1190 g/mol. The highest BCUT2D eigenvalue weighted by Crippen LogP contribution is 2.54. The molecule has 0 radical (unpaired) electrons. The van der Waals surface area contributed by atoms with Gasteiger partial charge in [-0.25, -0.2) is 18.1 Å². The molecule has 5 saturated heterocycles. The number of fused-ring (bicyclic) bond motifs is 4. The minimum absolute atomic E-state index is 0.120. The SMILES string of the molecule is COc1cc2c(nc1N1CCOCC1)CCC[C@@H]2N1CCN(C2CC3(CCN(c4ccc(C(=O)NS(=O)(=O)c5ccc(NCC6CCOCC6)c([N+](=O)[O-])c5)c(N5c6cc7cc[nH]c7nc6O[C@H]6COCC[C@@H]65)c4)CC3)C2)[C@H](c2ccccc2C)C1. The number of piperidine rings is 1. The summed E-state index contributed by atoms with van der Waals surface area (Å²) in [5, 5.41) is 16.4. The molecule has 3 aromatic carbocycles. The number of ether oxygens (including phenoxy) is 5. The maximum Gasteiger partial charge on any atom is 0.293 e. The van der Waals surface area contributed by atoms with E-state index in [0.29, 0.717) is 81.6 Å². The molecule has 1 amide bonds. The molecule has 6 aliphatic heterocycles. The molecule has 14 rings (SSSR count). The molecule has 1 saturated carbocycles. The zero-order chi connectivity index (χ0) is 58.7. The van der Waals surface area contributed by atoms with Gasteiger partial charge >= 0.3 is 0 Å². The number of anilines is 5. The Morgan fingerprint density at radius 2 is 1.64 bits per heavy atom. The first-order valence-corrected chi connectivity index (χ1v) is 32.4. The van der Waals surface area contributed by atoms with E-state index in [9.17, 15) is 23.3 Å². The fourth-order valence-corrected chi connectivity index (χ4v) is 16.2. The molecule has 4 atom stereocenters. The van der Waals surface area contributed by atoms with Crippen LogP contribution in [0.2, 0.25) is 0 Å². The molecule has 2 aliphatic carbocycles. The van der Waals surface area contributed by atoms with Crippen LogP contribution in [-0.2, 0) is 30.7 Å². The summed E-state index contributed by atoms with van der Waals surface area (Å²) in [4.78, 5) is 52.1. The second-order valence-electron chi connectivity index (χ2n) is 24.9. The number of sulfonamides is 1. The number of aryl methyl sites for hydroxylation is 2. The number of rotatable bonds is 14. The molecule has 6 fully saturated rings. The van der Waals surface area contributed by atoms with Crippen LogP contribution < -0.4 is 34.2 Å². The van der Waals surface area contributed by atoms with Crippen LogP contribution in [0.5, 0.6) is 11.6 Å². The van der Waals surface area contributed by atoms with Gasteiger partial charge in [-0.15, -0.1) is 0 Å². The highest BCUT2D eigenvalue weighted by atomic mass is 32.2. The molecule has 1 spiro atoms. The Bertz CT molecular complexity index is 3630. The van der Waals surface area contributed by atoms with Crippen LogP contribution in [0.4, 0.5) is 34.3 Å². The second kappa shape index (κ2) is 23.5. The number of nitrogens with one attached hydrogen (secondary N) is 3. The molecule has 0 bridgehead atoms. The molecule has 0 unspecified atom stereocenters. The van der Waals surface area contributed by atoms with Crippen LogP contribution in [0, 0.1) is 28.4 Å². The molecular weight excluding hydrogens is 1110 g/mol. The number of benzene rings is 3. The molecule has 454 valence electrons. The Kier molecular flexibility index (Phi) is 15.5. The van der Waals surface area contributed by atoms with Gasteiger partial charge in [-0.1, -0.05) is 24.3 Å². The van der Waals surface area contributed by atoms with Crippen molar-refractivity contribution in [1.29, 1.82) is 0 Å². The Balaban J connectivity index is 0.713.